The summed E-state index contributed by atoms with van der Waals surface area (Å²) in [5.41, 5.74) is 0.882. The number of nitrogens with one attached hydrogen (secondary N) is 2. The van der Waals surface area contributed by atoms with Gasteiger partial charge in [0.1, 0.15) is 11.6 Å². The lowest BCUT2D eigenvalue weighted by molar-refractivity contribution is -0.137. The Labute approximate surface area is 212 Å². The molecule has 0 atom stereocenters. The summed E-state index contributed by atoms with van der Waals surface area (Å²) < 4.78 is 43.6. The minimum Gasteiger partial charge on any atom is -0.494 e. The Morgan fingerprint density at radius 2 is 1.57 bits per heavy atom. The number of carbonyl (C=O) groups is 2. The molecule has 0 saturated carbocycles. The van der Waals surface area contributed by atoms with Gasteiger partial charge in [0.25, 0.3) is 5.91 Å². The van der Waals surface area contributed by atoms with Gasteiger partial charge in [-0.2, -0.15) is 13.2 Å². The summed E-state index contributed by atoms with van der Waals surface area (Å²) in [5, 5.41) is 5.70. The first-order chi connectivity index (χ1) is 17.7. The van der Waals surface area contributed by atoms with Gasteiger partial charge in [-0.3, -0.25) is 9.59 Å². The zero-order valence-electron chi connectivity index (χ0n) is 20.2. The van der Waals surface area contributed by atoms with E-state index in [0.29, 0.717) is 55.3 Å². The summed E-state index contributed by atoms with van der Waals surface area (Å²) in [6.07, 6.45) is -2.49. The third-order valence-electron chi connectivity index (χ3n) is 6.10. The quantitative estimate of drug-likeness (QED) is 0.430. The predicted molar refractivity (Wildman–Crippen MR) is 135 cm³/mol. The highest BCUT2D eigenvalue weighted by atomic mass is 19.4. The third kappa shape index (κ3) is 6.78. The van der Waals surface area contributed by atoms with Crippen molar-refractivity contribution >= 4 is 29.0 Å². The van der Waals surface area contributed by atoms with Crippen molar-refractivity contribution in [2.45, 2.75) is 25.9 Å². The fourth-order valence-corrected chi connectivity index (χ4v) is 4.07. The molecule has 2 amide bonds. The van der Waals surface area contributed by atoms with Crippen molar-refractivity contribution in [2.24, 2.45) is 5.92 Å². The Bertz CT molecular complexity index is 1210. The van der Waals surface area contributed by atoms with Crippen molar-refractivity contribution in [3.63, 3.8) is 0 Å². The van der Waals surface area contributed by atoms with E-state index >= 15 is 0 Å². The van der Waals surface area contributed by atoms with Crippen molar-refractivity contribution < 1.29 is 27.5 Å². The van der Waals surface area contributed by atoms with E-state index in [1.165, 1.54) is 6.07 Å². The highest BCUT2D eigenvalue weighted by molar-refractivity contribution is 6.04. The molecule has 2 heterocycles. The largest absolute Gasteiger partial charge is 0.494 e. The molecule has 10 heteroatoms. The normalized spacial score (nSPS) is 14.2. The molecule has 1 fully saturated rings. The lowest BCUT2D eigenvalue weighted by Crippen LogP contribution is -2.38. The van der Waals surface area contributed by atoms with Crippen molar-refractivity contribution in [1.29, 1.82) is 0 Å². The Balaban J connectivity index is 1.26. The first-order valence-corrected chi connectivity index (χ1v) is 12.0. The van der Waals surface area contributed by atoms with E-state index < -0.39 is 11.7 Å². The Morgan fingerprint density at radius 3 is 2.14 bits per heavy atom. The van der Waals surface area contributed by atoms with Crippen LogP contribution in [0.15, 0.2) is 66.9 Å². The van der Waals surface area contributed by atoms with Gasteiger partial charge in [-0.05, 0) is 80.4 Å². The molecule has 7 nitrogen and oxygen atoms in total. The zero-order valence-corrected chi connectivity index (χ0v) is 20.2. The number of halogens is 3. The number of carbonyl (C=O) groups excluding carboxylic acids is 2. The van der Waals surface area contributed by atoms with Gasteiger partial charge in [-0.25, -0.2) is 4.98 Å². The van der Waals surface area contributed by atoms with Gasteiger partial charge in [0.05, 0.1) is 12.2 Å². The number of nitrogens with zero attached hydrogens (tertiary/aromatic N) is 2. The Kier molecular flexibility index (Phi) is 7.95. The van der Waals surface area contributed by atoms with Crippen LogP contribution in [0.5, 0.6) is 5.75 Å². The van der Waals surface area contributed by atoms with E-state index in [0.717, 1.165) is 18.0 Å². The van der Waals surface area contributed by atoms with Gasteiger partial charge < -0.3 is 20.3 Å². The van der Waals surface area contributed by atoms with Crippen LogP contribution < -0.4 is 20.3 Å². The third-order valence-corrected chi connectivity index (χ3v) is 6.10. The number of benzene rings is 2. The molecule has 0 bridgehead atoms. The van der Waals surface area contributed by atoms with Crippen LogP contribution in [-0.2, 0) is 11.0 Å². The number of anilines is 3. The first-order valence-electron chi connectivity index (χ1n) is 12.0. The summed E-state index contributed by atoms with van der Waals surface area (Å²) in [4.78, 5) is 31.1. The maximum absolute atomic E-state index is 12.7. The standard InChI is InChI=1S/C27H27F3N4O3/c1-2-37-23-10-8-22(9-11-23)33-25(35)18-3-6-21(7-4-18)32-26(36)19-13-15-34(16-14-19)24-12-5-20(17-31-24)27(28,29)30/h3-12,17,19H,2,13-16H2,1H3,(H,32,36)(H,33,35). The molecule has 0 radical (unpaired) electrons. The topological polar surface area (TPSA) is 83.6 Å². The minimum absolute atomic E-state index is 0.133. The number of aromatic nitrogens is 1. The van der Waals surface area contributed by atoms with E-state index in [-0.39, 0.29) is 17.7 Å². The summed E-state index contributed by atoms with van der Waals surface area (Å²) in [6.45, 7) is 3.49. The molecule has 1 aromatic heterocycles. The molecule has 1 aliphatic heterocycles. The second-order valence-corrected chi connectivity index (χ2v) is 8.64. The van der Waals surface area contributed by atoms with Crippen molar-refractivity contribution in [3.05, 3.63) is 78.0 Å². The smallest absolute Gasteiger partial charge is 0.417 e. The summed E-state index contributed by atoms with van der Waals surface area (Å²) >= 11 is 0. The highest BCUT2D eigenvalue weighted by Gasteiger charge is 2.31. The second kappa shape index (κ2) is 11.3. The Hall–Kier alpha value is -4.08. The molecule has 2 N–H and O–H groups in total. The maximum Gasteiger partial charge on any atom is 0.417 e. The number of amides is 2. The van der Waals surface area contributed by atoms with Crippen LogP contribution in [0.3, 0.4) is 0 Å². The molecule has 4 rings (SSSR count). The summed E-state index contributed by atoms with van der Waals surface area (Å²) in [6, 6.07) is 16.1. The van der Waals surface area contributed by atoms with Gasteiger partial charge >= 0.3 is 6.18 Å². The maximum atomic E-state index is 12.7. The van der Waals surface area contributed by atoms with Crippen molar-refractivity contribution in [2.75, 3.05) is 35.2 Å². The highest BCUT2D eigenvalue weighted by Crippen LogP contribution is 2.30. The van der Waals surface area contributed by atoms with Crippen LogP contribution in [0, 0.1) is 5.92 Å². The van der Waals surface area contributed by atoms with Crippen LogP contribution in [0.4, 0.5) is 30.4 Å². The van der Waals surface area contributed by atoms with Crippen LogP contribution in [-0.4, -0.2) is 36.5 Å². The zero-order chi connectivity index (χ0) is 26.4. The van der Waals surface area contributed by atoms with Gasteiger partial charge in [-0.15, -0.1) is 0 Å². The number of alkyl halides is 3. The van der Waals surface area contributed by atoms with Crippen LogP contribution in [0.1, 0.15) is 35.7 Å². The fraction of sp³-hybridized carbons (Fsp3) is 0.296. The molecular weight excluding hydrogens is 485 g/mol. The minimum atomic E-state index is -4.42. The monoisotopic (exact) mass is 512 g/mol. The van der Waals surface area contributed by atoms with E-state index in [2.05, 4.69) is 15.6 Å². The molecule has 3 aromatic rings. The number of pyridine rings is 1. The lowest BCUT2D eigenvalue weighted by Gasteiger charge is -2.32. The lowest BCUT2D eigenvalue weighted by atomic mass is 9.95. The van der Waals surface area contributed by atoms with Crippen LogP contribution in [0.25, 0.3) is 0 Å². The van der Waals surface area contributed by atoms with Gasteiger partial charge in [0.2, 0.25) is 5.91 Å². The molecule has 194 valence electrons. The van der Waals surface area contributed by atoms with Gasteiger partial charge in [0.15, 0.2) is 0 Å². The summed E-state index contributed by atoms with van der Waals surface area (Å²) in [5.74, 6) is 0.555. The number of ether oxygens (including phenoxy) is 1. The molecule has 1 aliphatic rings. The molecule has 1 saturated heterocycles. The Morgan fingerprint density at radius 1 is 0.946 bits per heavy atom. The molecule has 0 aliphatic carbocycles. The van der Waals surface area contributed by atoms with E-state index in [4.69, 9.17) is 4.74 Å². The number of hydrogen-bond acceptors (Lipinski definition) is 5. The van der Waals surface area contributed by atoms with E-state index in [1.54, 1.807) is 48.5 Å². The number of piperidine rings is 1. The number of hydrogen-bond donors (Lipinski definition) is 2. The molecule has 37 heavy (non-hydrogen) atoms. The van der Waals surface area contributed by atoms with E-state index in [9.17, 15) is 22.8 Å². The summed E-state index contributed by atoms with van der Waals surface area (Å²) in [7, 11) is 0. The predicted octanol–water partition coefficient (Wildman–Crippen LogP) is 5.61. The van der Waals surface area contributed by atoms with Crippen LogP contribution in [0.2, 0.25) is 0 Å². The van der Waals surface area contributed by atoms with E-state index in [1.807, 2.05) is 11.8 Å². The molecular formula is C27H27F3N4O3. The van der Waals surface area contributed by atoms with Crippen molar-refractivity contribution in [3.8, 4) is 5.75 Å². The fourth-order valence-electron chi connectivity index (χ4n) is 4.07. The first kappa shape index (κ1) is 26.0. The average molecular weight is 513 g/mol. The average Bonchev–Trinajstić information content (AvgIpc) is 2.90. The molecule has 0 unspecified atom stereocenters. The second-order valence-electron chi connectivity index (χ2n) is 8.64. The van der Waals surface area contributed by atoms with Gasteiger partial charge in [0, 0.05) is 42.1 Å². The SMILES string of the molecule is CCOc1ccc(NC(=O)c2ccc(NC(=O)C3CCN(c4ccc(C(F)(F)F)cn4)CC3)cc2)cc1. The van der Waals surface area contributed by atoms with Crippen molar-refractivity contribution in [1.82, 2.24) is 4.98 Å². The number of rotatable bonds is 7. The molecule has 2 aromatic carbocycles. The van der Waals surface area contributed by atoms with Crippen LogP contribution >= 0.6 is 0 Å². The molecule has 0 spiro atoms. The van der Waals surface area contributed by atoms with Gasteiger partial charge in [-0.1, -0.05) is 0 Å².